The van der Waals surface area contributed by atoms with E-state index in [4.69, 9.17) is 10.2 Å². The fraction of sp³-hybridized carbons (Fsp3) is 0.304. The first-order chi connectivity index (χ1) is 15.1. The first kappa shape index (κ1) is 24.7. The molecule has 32 heavy (non-hydrogen) atoms. The Bertz CT molecular complexity index is 955. The number of aliphatic hydroxyl groups is 1. The van der Waals surface area contributed by atoms with Gasteiger partial charge in [0, 0.05) is 29.8 Å². The highest BCUT2D eigenvalue weighted by Gasteiger charge is 2.31. The largest absolute Gasteiger partial charge is 0.508 e. The molecule has 0 saturated carbocycles. The van der Waals surface area contributed by atoms with Gasteiger partial charge >= 0.3 is 11.9 Å². The van der Waals surface area contributed by atoms with E-state index in [0.29, 0.717) is 36.1 Å². The molecule has 3 atom stereocenters. The summed E-state index contributed by atoms with van der Waals surface area (Å²) in [7, 11) is 0. The molecule has 0 fully saturated rings. The Morgan fingerprint density at radius 3 is 2.19 bits per heavy atom. The quantitative estimate of drug-likeness (QED) is 0.260. The Labute approximate surface area is 184 Å². The van der Waals surface area contributed by atoms with Gasteiger partial charge in [0.05, 0.1) is 6.10 Å². The first-order valence-electron chi connectivity index (χ1n) is 9.98. The summed E-state index contributed by atoms with van der Waals surface area (Å²) in [5.74, 6) is -2.53. The number of rotatable bonds is 6. The molecular weight excluding hydrogens is 418 g/mol. The molecule has 9 heteroatoms. The zero-order chi connectivity index (χ0) is 23.8. The fourth-order valence-electron chi connectivity index (χ4n) is 3.58. The SMILES string of the molecule is CC(Cc1ccc(O)cc1)NC1CCc2c(ccc(O)c2O)C1O.O=C(O)C=CC(=O)O. The number of aliphatic carboxylic acids is 2. The molecule has 172 valence electrons. The van der Waals surface area contributed by atoms with Crippen molar-refractivity contribution in [3.63, 3.8) is 0 Å². The van der Waals surface area contributed by atoms with Crippen molar-refractivity contribution in [3.8, 4) is 17.2 Å². The number of aromatic hydroxyl groups is 3. The molecule has 1 aliphatic rings. The molecule has 0 spiro atoms. The molecule has 0 saturated heterocycles. The van der Waals surface area contributed by atoms with Gasteiger partial charge in [0.1, 0.15) is 5.75 Å². The van der Waals surface area contributed by atoms with E-state index in [1.807, 2.05) is 12.1 Å². The van der Waals surface area contributed by atoms with Crippen LogP contribution in [0.5, 0.6) is 17.2 Å². The summed E-state index contributed by atoms with van der Waals surface area (Å²) in [6, 6.07) is 10.3. The Morgan fingerprint density at radius 1 is 1.03 bits per heavy atom. The van der Waals surface area contributed by atoms with E-state index in [1.54, 1.807) is 18.2 Å². The van der Waals surface area contributed by atoms with Gasteiger partial charge < -0.3 is 36.0 Å². The van der Waals surface area contributed by atoms with Crippen molar-refractivity contribution in [2.24, 2.45) is 0 Å². The van der Waals surface area contributed by atoms with Gasteiger partial charge in [-0.3, -0.25) is 0 Å². The second kappa shape index (κ2) is 11.2. The van der Waals surface area contributed by atoms with Crippen molar-refractivity contribution in [1.82, 2.24) is 5.32 Å². The van der Waals surface area contributed by atoms with Crippen LogP contribution < -0.4 is 5.32 Å². The lowest BCUT2D eigenvalue weighted by atomic mass is 9.84. The monoisotopic (exact) mass is 445 g/mol. The molecule has 0 aromatic heterocycles. The Morgan fingerprint density at radius 2 is 1.62 bits per heavy atom. The molecule has 0 heterocycles. The minimum absolute atomic E-state index is 0.103. The molecule has 0 amide bonds. The van der Waals surface area contributed by atoms with Crippen molar-refractivity contribution < 1.29 is 40.2 Å². The summed E-state index contributed by atoms with van der Waals surface area (Å²) in [6.45, 7) is 2.06. The minimum atomic E-state index is -1.26. The zero-order valence-electron chi connectivity index (χ0n) is 17.5. The lowest BCUT2D eigenvalue weighted by Gasteiger charge is -2.33. The second-order valence-electron chi connectivity index (χ2n) is 7.54. The number of benzene rings is 2. The van der Waals surface area contributed by atoms with E-state index in [1.165, 1.54) is 6.07 Å². The third-order valence-electron chi connectivity index (χ3n) is 5.05. The number of carboxylic acids is 2. The van der Waals surface area contributed by atoms with Gasteiger partial charge in [0.25, 0.3) is 0 Å². The third kappa shape index (κ3) is 7.00. The molecule has 1 aliphatic carbocycles. The number of aliphatic hydroxyl groups excluding tert-OH is 1. The van der Waals surface area contributed by atoms with Gasteiger partial charge in [-0.25, -0.2) is 9.59 Å². The van der Waals surface area contributed by atoms with Gasteiger partial charge in [-0.1, -0.05) is 18.2 Å². The van der Waals surface area contributed by atoms with Crippen LogP contribution in [0.15, 0.2) is 48.6 Å². The number of nitrogens with one attached hydrogen (secondary N) is 1. The van der Waals surface area contributed by atoms with Crippen LogP contribution in [0.1, 0.15) is 36.1 Å². The Kier molecular flexibility index (Phi) is 8.62. The van der Waals surface area contributed by atoms with Gasteiger partial charge in [0.15, 0.2) is 11.5 Å². The normalized spacial score (nSPS) is 18.3. The third-order valence-corrected chi connectivity index (χ3v) is 5.05. The molecule has 9 nitrogen and oxygen atoms in total. The number of phenolic OH excluding ortho intramolecular Hbond substituents is 3. The predicted octanol–water partition coefficient (Wildman–Crippen LogP) is 2.08. The van der Waals surface area contributed by atoms with E-state index >= 15 is 0 Å². The summed E-state index contributed by atoms with van der Waals surface area (Å²) < 4.78 is 0. The molecule has 3 unspecified atom stereocenters. The van der Waals surface area contributed by atoms with Crippen LogP contribution in [0.3, 0.4) is 0 Å². The maximum atomic E-state index is 10.6. The van der Waals surface area contributed by atoms with Crippen LogP contribution in [0.25, 0.3) is 0 Å². The van der Waals surface area contributed by atoms with Gasteiger partial charge in [-0.2, -0.15) is 0 Å². The van der Waals surface area contributed by atoms with Gasteiger partial charge in [-0.15, -0.1) is 0 Å². The Hall–Kier alpha value is -3.56. The summed E-state index contributed by atoms with van der Waals surface area (Å²) in [6.07, 6.45) is 2.48. The summed E-state index contributed by atoms with van der Waals surface area (Å²) in [4.78, 5) is 19.1. The number of hydrogen-bond acceptors (Lipinski definition) is 7. The van der Waals surface area contributed by atoms with Crippen molar-refractivity contribution in [1.29, 1.82) is 0 Å². The van der Waals surface area contributed by atoms with Crippen LogP contribution in [0.4, 0.5) is 0 Å². The summed E-state index contributed by atoms with van der Waals surface area (Å²) in [5, 5.41) is 58.5. The molecule has 2 aromatic rings. The molecule has 0 radical (unpaired) electrons. The number of fused-ring (bicyclic) bond motifs is 1. The summed E-state index contributed by atoms with van der Waals surface area (Å²) in [5.41, 5.74) is 2.42. The number of hydrogen-bond donors (Lipinski definition) is 7. The average Bonchev–Trinajstić information content (AvgIpc) is 2.73. The molecule has 0 aliphatic heterocycles. The van der Waals surface area contributed by atoms with Gasteiger partial charge in [0.2, 0.25) is 0 Å². The average molecular weight is 445 g/mol. The molecule has 3 rings (SSSR count). The lowest BCUT2D eigenvalue weighted by Crippen LogP contribution is -2.43. The van der Waals surface area contributed by atoms with Crippen molar-refractivity contribution in [2.75, 3.05) is 0 Å². The molecular formula is C23H27NO8. The van der Waals surface area contributed by atoms with Crippen LogP contribution in [0, 0.1) is 0 Å². The van der Waals surface area contributed by atoms with Crippen molar-refractivity contribution >= 4 is 11.9 Å². The minimum Gasteiger partial charge on any atom is -0.508 e. The van der Waals surface area contributed by atoms with Crippen molar-refractivity contribution in [3.05, 3.63) is 65.2 Å². The first-order valence-corrected chi connectivity index (χ1v) is 9.98. The fourth-order valence-corrected chi connectivity index (χ4v) is 3.58. The maximum absolute atomic E-state index is 10.6. The Balaban J connectivity index is 0.000000390. The second-order valence-corrected chi connectivity index (χ2v) is 7.54. The highest BCUT2D eigenvalue weighted by atomic mass is 16.4. The van der Waals surface area contributed by atoms with E-state index < -0.39 is 18.0 Å². The smallest absolute Gasteiger partial charge is 0.328 e. The molecule has 0 bridgehead atoms. The lowest BCUT2D eigenvalue weighted by molar-refractivity contribution is -0.134. The van der Waals surface area contributed by atoms with Crippen LogP contribution in [0.2, 0.25) is 0 Å². The summed E-state index contributed by atoms with van der Waals surface area (Å²) >= 11 is 0. The molecule has 7 N–H and O–H groups in total. The van der Waals surface area contributed by atoms with Crippen LogP contribution in [-0.2, 0) is 22.4 Å². The van der Waals surface area contributed by atoms with E-state index in [-0.39, 0.29) is 29.3 Å². The van der Waals surface area contributed by atoms with Crippen LogP contribution in [-0.4, -0.2) is 54.7 Å². The van der Waals surface area contributed by atoms with E-state index in [0.717, 1.165) is 12.0 Å². The topological polar surface area (TPSA) is 168 Å². The highest BCUT2D eigenvalue weighted by molar-refractivity contribution is 5.89. The maximum Gasteiger partial charge on any atom is 0.328 e. The zero-order valence-corrected chi connectivity index (χ0v) is 17.5. The number of carboxylic acid groups (broad SMARTS) is 2. The molecule has 2 aromatic carbocycles. The predicted molar refractivity (Wildman–Crippen MR) is 116 cm³/mol. The van der Waals surface area contributed by atoms with Crippen molar-refractivity contribution in [2.45, 2.75) is 44.4 Å². The van der Waals surface area contributed by atoms with E-state index in [2.05, 4.69) is 12.2 Å². The standard InChI is InChI=1S/C19H23NO4.C4H4O4/c1-11(10-12-2-4-13(21)5-3-12)20-16-8-6-15-14(18(16)23)7-9-17(22)19(15)24;5-3(6)1-2-4(7)8/h2-5,7,9,11,16,18,20-24H,6,8,10H2,1H3;1-2H,(H,5,6)(H,7,8). The highest BCUT2D eigenvalue weighted by Crippen LogP contribution is 2.39. The van der Waals surface area contributed by atoms with E-state index in [9.17, 15) is 30.0 Å². The van der Waals surface area contributed by atoms with Crippen LogP contribution >= 0.6 is 0 Å². The number of phenols is 3. The number of carbonyl (C=O) groups is 2. The van der Waals surface area contributed by atoms with Gasteiger partial charge in [-0.05, 0) is 55.5 Å².